The van der Waals surface area contributed by atoms with Crippen LogP contribution in [0.3, 0.4) is 0 Å². The van der Waals surface area contributed by atoms with Crippen LogP contribution in [0.5, 0.6) is 0 Å². The van der Waals surface area contributed by atoms with Gasteiger partial charge in [0.25, 0.3) is 0 Å². The molecule has 10 heteroatoms. The number of benzene rings is 7. The van der Waals surface area contributed by atoms with Gasteiger partial charge >= 0.3 is 0 Å². The minimum absolute atomic E-state index is 0.284. The van der Waals surface area contributed by atoms with Crippen LogP contribution in [0.2, 0.25) is 0 Å². The summed E-state index contributed by atoms with van der Waals surface area (Å²) >= 11 is 0. The van der Waals surface area contributed by atoms with E-state index in [1.807, 2.05) is 44.4 Å². The Labute approximate surface area is 315 Å². The predicted molar refractivity (Wildman–Crippen MR) is 224 cm³/mol. The van der Waals surface area contributed by atoms with Crippen molar-refractivity contribution in [3.8, 4) is 11.1 Å². The molecule has 10 rings (SSSR count). The molecule has 0 saturated heterocycles. The molecule has 0 aliphatic heterocycles. The molecule has 2 heterocycles. The van der Waals surface area contributed by atoms with Gasteiger partial charge in [0.2, 0.25) is 0 Å². The number of anilines is 2. The highest BCUT2D eigenvalue weighted by Crippen LogP contribution is 2.42. The van der Waals surface area contributed by atoms with Crippen molar-refractivity contribution in [1.29, 1.82) is 5.41 Å². The zero-order chi connectivity index (χ0) is 37.2. The Bertz CT molecular complexity index is 3140. The van der Waals surface area contributed by atoms with Gasteiger partial charge in [-0.2, -0.15) is 35.1 Å². The van der Waals surface area contributed by atoms with Crippen molar-refractivity contribution in [2.24, 2.45) is 19.2 Å². The van der Waals surface area contributed by atoms with Crippen LogP contribution in [0.15, 0.2) is 150 Å². The van der Waals surface area contributed by atoms with E-state index in [-0.39, 0.29) is 5.71 Å². The van der Waals surface area contributed by atoms with Crippen LogP contribution >= 0.6 is 0 Å². The summed E-state index contributed by atoms with van der Waals surface area (Å²) in [4.78, 5) is 5.28. The van der Waals surface area contributed by atoms with E-state index >= 15 is 0 Å². The molecule has 1 aliphatic rings. The number of hydrazone groups is 1. The topological polar surface area (TPSA) is 113 Å². The highest BCUT2D eigenvalue weighted by molar-refractivity contribution is 6.62. The summed E-state index contributed by atoms with van der Waals surface area (Å²) in [7, 11) is 5.41. The van der Waals surface area contributed by atoms with E-state index in [9.17, 15) is 5.41 Å². The van der Waals surface area contributed by atoms with Crippen molar-refractivity contribution in [2.75, 3.05) is 11.9 Å². The minimum Gasteiger partial charge on any atom is -0.312 e. The number of aromatic nitrogens is 6. The van der Waals surface area contributed by atoms with Crippen LogP contribution in [0.25, 0.3) is 71.1 Å². The molecule has 0 atom stereocenters. The zero-order valence-electron chi connectivity index (χ0n) is 30.4. The monoisotopic (exact) mass is 714 g/mol. The van der Waals surface area contributed by atoms with Crippen LogP contribution < -0.4 is 10.3 Å². The van der Waals surface area contributed by atoms with Crippen molar-refractivity contribution in [3.05, 3.63) is 151 Å². The molecule has 0 bridgehead atoms. The third-order valence-corrected chi connectivity index (χ3v) is 10.3. The molecule has 0 unspecified atom stereocenters. The van der Waals surface area contributed by atoms with E-state index in [0.29, 0.717) is 22.4 Å². The molecular weight excluding hydrogens is 681 g/mol. The molecule has 9 aromatic rings. The van der Waals surface area contributed by atoms with Gasteiger partial charge in [-0.15, -0.1) is 0 Å². The molecule has 0 saturated carbocycles. The Morgan fingerprint density at radius 2 is 1.18 bits per heavy atom. The number of rotatable bonds is 6. The summed E-state index contributed by atoms with van der Waals surface area (Å²) in [5.74, 6) is 0. The summed E-state index contributed by atoms with van der Waals surface area (Å²) in [6.07, 6.45) is 4.04. The van der Waals surface area contributed by atoms with Crippen molar-refractivity contribution in [1.82, 2.24) is 35.4 Å². The molecule has 1 aliphatic carbocycles. The van der Waals surface area contributed by atoms with E-state index in [4.69, 9.17) is 20.4 Å². The molecule has 55 heavy (non-hydrogen) atoms. The molecule has 0 amide bonds. The van der Waals surface area contributed by atoms with Gasteiger partial charge in [-0.3, -0.25) is 5.41 Å². The number of nitrogens with one attached hydrogen (secondary N) is 2. The number of fused-ring (bicyclic) bond motifs is 5. The lowest BCUT2D eigenvalue weighted by Gasteiger charge is -2.31. The first-order valence-electron chi connectivity index (χ1n) is 18.1. The Hall–Kier alpha value is -7.46. The molecule has 0 fully saturated rings. The fraction of sp³-hybridized carbons (Fsp3) is 0.0667. The number of hydrogen-bond acceptors (Lipinski definition) is 8. The molecule has 2 N–H and O–H groups in total. The first-order valence-corrected chi connectivity index (χ1v) is 18.1. The van der Waals surface area contributed by atoms with Crippen LogP contribution in [0.4, 0.5) is 11.4 Å². The molecule has 0 spiro atoms. The van der Waals surface area contributed by atoms with Gasteiger partial charge in [0.15, 0.2) is 0 Å². The first-order chi connectivity index (χ1) is 26.9. The average molecular weight is 715 g/mol. The minimum atomic E-state index is 0.284. The Morgan fingerprint density at radius 1 is 0.564 bits per heavy atom. The summed E-state index contributed by atoms with van der Waals surface area (Å²) in [5.41, 5.74) is 12.6. The number of nitrogens with zero attached hydrogens (tertiary/aromatic N) is 8. The maximum absolute atomic E-state index is 9.71. The lowest BCUT2D eigenvalue weighted by atomic mass is 9.89. The quantitative estimate of drug-likeness (QED) is 0.101. The smallest absolute Gasteiger partial charge is 0.137 e. The van der Waals surface area contributed by atoms with Crippen LogP contribution in [-0.4, -0.2) is 48.5 Å². The maximum Gasteiger partial charge on any atom is 0.137 e. The van der Waals surface area contributed by atoms with Gasteiger partial charge in [0.1, 0.15) is 27.8 Å². The molecule has 0 radical (unpaired) electrons. The van der Waals surface area contributed by atoms with Gasteiger partial charge in [-0.25, -0.2) is 0 Å². The third kappa shape index (κ3) is 5.34. The lowest BCUT2D eigenvalue weighted by Crippen LogP contribution is -2.32. The van der Waals surface area contributed by atoms with Crippen molar-refractivity contribution in [3.63, 3.8) is 0 Å². The highest BCUT2D eigenvalue weighted by atomic mass is 15.5. The van der Waals surface area contributed by atoms with E-state index in [1.165, 1.54) is 16.2 Å². The molecular formula is C45H34N10. The highest BCUT2D eigenvalue weighted by Gasteiger charge is 2.31. The standard InChI is InChI=1S/C45H34N10/c1-47-48-44-39(21-19-35(41(44)46)32-18-16-31-23-29-11-6-7-12-30(29)25-34(31)26-32)55(38-14-8-13-37-43(38)51-53(2)49-37)40-22-20-36(42-45(40)52-54(3)50-42)33-17-15-27-9-4-5-10-28(27)24-33/h4-26,46-47H,1-3H3/b46-41?,48-44-. The average Bonchev–Trinajstić information content (AvgIpc) is 3.80. The fourth-order valence-corrected chi connectivity index (χ4v) is 7.78. The number of hydrogen-bond donors (Lipinski definition) is 2. The normalized spacial score (nSPS) is 14.0. The third-order valence-electron chi connectivity index (χ3n) is 10.3. The predicted octanol–water partition coefficient (Wildman–Crippen LogP) is 9.09. The summed E-state index contributed by atoms with van der Waals surface area (Å²) in [6.45, 7) is 0. The first kappa shape index (κ1) is 32.2. The van der Waals surface area contributed by atoms with Gasteiger partial charge in [0, 0.05) is 32.3 Å². The van der Waals surface area contributed by atoms with Crippen LogP contribution in [0, 0.1) is 5.41 Å². The SMILES string of the molecule is CN/N=C1\C(=N)C(c2ccc3cc4ccccc4cc3c2)=CC=C1N(c1cccc2nn(C)nc12)c1ccc(-c2ccc3ccccc3c2)c2nn(C)nc12. The van der Waals surface area contributed by atoms with Gasteiger partial charge in [-0.1, -0.05) is 78.9 Å². The second-order valence-electron chi connectivity index (χ2n) is 13.7. The number of aryl methyl sites for hydroxylation is 2. The second-order valence-corrected chi connectivity index (χ2v) is 13.7. The van der Waals surface area contributed by atoms with Crippen LogP contribution in [0.1, 0.15) is 5.56 Å². The molecule has 2 aromatic heterocycles. The Kier molecular flexibility index (Phi) is 7.38. The van der Waals surface area contributed by atoms with E-state index in [0.717, 1.165) is 60.8 Å². The zero-order valence-corrected chi connectivity index (χ0v) is 30.4. The summed E-state index contributed by atoms with van der Waals surface area (Å²) < 4.78 is 0. The number of allylic oxidation sites excluding steroid dienone is 4. The van der Waals surface area contributed by atoms with E-state index < -0.39 is 0 Å². The van der Waals surface area contributed by atoms with Crippen molar-refractivity contribution >= 4 is 82.8 Å². The van der Waals surface area contributed by atoms with E-state index in [2.05, 4.69) is 125 Å². The van der Waals surface area contributed by atoms with Gasteiger partial charge < -0.3 is 10.3 Å². The van der Waals surface area contributed by atoms with Crippen LogP contribution in [-0.2, 0) is 14.1 Å². The fourth-order valence-electron chi connectivity index (χ4n) is 7.78. The molecule has 7 aromatic carbocycles. The van der Waals surface area contributed by atoms with E-state index in [1.54, 1.807) is 16.6 Å². The van der Waals surface area contributed by atoms with Crippen molar-refractivity contribution in [2.45, 2.75) is 0 Å². The second kappa shape index (κ2) is 12.6. The largest absolute Gasteiger partial charge is 0.312 e. The van der Waals surface area contributed by atoms with Crippen molar-refractivity contribution < 1.29 is 0 Å². The Balaban J connectivity index is 1.18. The lowest BCUT2D eigenvalue weighted by molar-refractivity contribution is 0.665. The molecule has 264 valence electrons. The summed E-state index contributed by atoms with van der Waals surface area (Å²) in [6, 6.07) is 44.1. The van der Waals surface area contributed by atoms with Gasteiger partial charge in [0.05, 0.1) is 22.8 Å². The Morgan fingerprint density at radius 3 is 1.98 bits per heavy atom. The van der Waals surface area contributed by atoms with Gasteiger partial charge in [-0.05, 0) is 104 Å². The molecule has 10 nitrogen and oxygen atoms in total. The summed E-state index contributed by atoms with van der Waals surface area (Å²) in [5, 5.41) is 40.8. The maximum atomic E-state index is 9.71.